The monoisotopic (exact) mass is 286 g/mol. The quantitative estimate of drug-likeness (QED) is 0.492. The standard InChI is InChI=1S/C11H12BrClSi/c1-14(2,3)7-6-9-4-5-10(12)8-11(9)13/h4-5,8H,1-3H3. The van der Waals surface area contributed by atoms with Gasteiger partial charge in [0.2, 0.25) is 0 Å². The first kappa shape index (κ1) is 11.8. The Balaban J connectivity index is 3.02. The van der Waals surface area contributed by atoms with Gasteiger partial charge in [-0.1, -0.05) is 53.1 Å². The van der Waals surface area contributed by atoms with Gasteiger partial charge in [-0.3, -0.25) is 0 Å². The fourth-order valence-electron chi connectivity index (χ4n) is 0.846. The summed E-state index contributed by atoms with van der Waals surface area (Å²) in [7, 11) is -1.31. The molecule has 0 aromatic heterocycles. The first-order valence-corrected chi connectivity index (χ1v) is 9.04. The van der Waals surface area contributed by atoms with E-state index in [-0.39, 0.29) is 0 Å². The van der Waals surface area contributed by atoms with Crippen molar-refractivity contribution in [2.24, 2.45) is 0 Å². The SMILES string of the molecule is C[Si](C)(C)C#Cc1ccc(Br)cc1Cl. The molecule has 0 aliphatic rings. The van der Waals surface area contributed by atoms with Gasteiger partial charge in [0.25, 0.3) is 0 Å². The Labute approximate surface area is 99.8 Å². The summed E-state index contributed by atoms with van der Waals surface area (Å²) in [5.41, 5.74) is 4.20. The lowest BCUT2D eigenvalue weighted by Gasteiger charge is -2.03. The summed E-state index contributed by atoms with van der Waals surface area (Å²) in [5.74, 6) is 3.14. The van der Waals surface area contributed by atoms with Crippen LogP contribution in [-0.4, -0.2) is 8.07 Å². The van der Waals surface area contributed by atoms with Gasteiger partial charge >= 0.3 is 0 Å². The van der Waals surface area contributed by atoms with Crippen LogP contribution in [0.3, 0.4) is 0 Å². The van der Waals surface area contributed by atoms with E-state index >= 15 is 0 Å². The summed E-state index contributed by atoms with van der Waals surface area (Å²) in [6, 6.07) is 5.77. The molecule has 0 aliphatic carbocycles. The molecule has 3 heteroatoms. The van der Waals surface area contributed by atoms with Crippen molar-refractivity contribution in [3.63, 3.8) is 0 Å². The third-order valence-corrected chi connectivity index (χ3v) is 3.18. The molecule has 0 heterocycles. The summed E-state index contributed by atoms with van der Waals surface area (Å²) in [6.45, 7) is 6.65. The normalized spacial score (nSPS) is 10.6. The predicted molar refractivity (Wildman–Crippen MR) is 69.4 cm³/mol. The Morgan fingerprint density at radius 1 is 1.29 bits per heavy atom. The van der Waals surface area contributed by atoms with Gasteiger partial charge in [-0.25, -0.2) is 0 Å². The van der Waals surface area contributed by atoms with Crippen LogP contribution in [0, 0.1) is 11.5 Å². The summed E-state index contributed by atoms with van der Waals surface area (Å²) >= 11 is 9.40. The molecule has 14 heavy (non-hydrogen) atoms. The zero-order valence-electron chi connectivity index (χ0n) is 8.49. The lowest BCUT2D eigenvalue weighted by atomic mass is 10.2. The van der Waals surface area contributed by atoms with Crippen LogP contribution >= 0.6 is 27.5 Å². The van der Waals surface area contributed by atoms with E-state index < -0.39 is 8.07 Å². The third-order valence-electron chi connectivity index (χ3n) is 1.50. The van der Waals surface area contributed by atoms with Gasteiger partial charge in [-0.15, -0.1) is 5.54 Å². The van der Waals surface area contributed by atoms with Crippen LogP contribution in [0.2, 0.25) is 24.7 Å². The van der Waals surface area contributed by atoms with Crippen LogP contribution in [-0.2, 0) is 0 Å². The zero-order valence-corrected chi connectivity index (χ0v) is 11.8. The van der Waals surface area contributed by atoms with E-state index in [1.165, 1.54) is 0 Å². The second-order valence-electron chi connectivity index (χ2n) is 4.12. The Morgan fingerprint density at radius 2 is 1.93 bits per heavy atom. The van der Waals surface area contributed by atoms with Crippen molar-refractivity contribution in [2.75, 3.05) is 0 Å². The molecular formula is C11H12BrClSi. The Bertz CT molecular complexity index is 396. The number of benzene rings is 1. The van der Waals surface area contributed by atoms with Crippen LogP contribution in [0.5, 0.6) is 0 Å². The molecule has 0 spiro atoms. The van der Waals surface area contributed by atoms with Crippen molar-refractivity contribution in [2.45, 2.75) is 19.6 Å². The second-order valence-corrected chi connectivity index (χ2v) is 10.2. The minimum Gasteiger partial charge on any atom is -0.127 e. The van der Waals surface area contributed by atoms with E-state index in [0.29, 0.717) is 5.02 Å². The van der Waals surface area contributed by atoms with Gasteiger partial charge in [0, 0.05) is 10.0 Å². The fraction of sp³-hybridized carbons (Fsp3) is 0.273. The highest BCUT2D eigenvalue weighted by Gasteiger charge is 2.07. The van der Waals surface area contributed by atoms with Crippen LogP contribution in [0.15, 0.2) is 22.7 Å². The molecule has 0 radical (unpaired) electrons. The molecule has 0 nitrogen and oxygen atoms in total. The first-order chi connectivity index (χ1) is 6.38. The van der Waals surface area contributed by atoms with Crippen molar-refractivity contribution in [3.8, 4) is 11.5 Å². The minimum atomic E-state index is -1.31. The van der Waals surface area contributed by atoms with Crippen molar-refractivity contribution < 1.29 is 0 Å². The smallest absolute Gasteiger partial charge is 0.127 e. The lowest BCUT2D eigenvalue weighted by molar-refractivity contribution is 1.60. The highest BCUT2D eigenvalue weighted by atomic mass is 79.9. The molecule has 74 valence electrons. The average Bonchev–Trinajstić information content (AvgIpc) is 2.00. The van der Waals surface area contributed by atoms with Crippen LogP contribution in [0.1, 0.15) is 5.56 Å². The maximum Gasteiger partial charge on any atom is 0.129 e. The molecule has 0 atom stereocenters. The summed E-state index contributed by atoms with van der Waals surface area (Å²) < 4.78 is 0.987. The maximum atomic E-state index is 6.04. The summed E-state index contributed by atoms with van der Waals surface area (Å²) in [6.07, 6.45) is 0. The molecule has 0 unspecified atom stereocenters. The molecule has 0 amide bonds. The van der Waals surface area contributed by atoms with Crippen molar-refractivity contribution >= 4 is 35.6 Å². The molecule has 0 fully saturated rings. The van der Waals surface area contributed by atoms with E-state index in [1.54, 1.807) is 0 Å². The van der Waals surface area contributed by atoms with Crippen LogP contribution < -0.4 is 0 Å². The molecule has 1 rings (SSSR count). The molecule has 0 saturated heterocycles. The van der Waals surface area contributed by atoms with Crippen molar-refractivity contribution in [3.05, 3.63) is 33.3 Å². The second kappa shape index (κ2) is 4.52. The first-order valence-electron chi connectivity index (χ1n) is 4.37. The number of rotatable bonds is 0. The van der Waals surface area contributed by atoms with Gasteiger partial charge in [-0.2, -0.15) is 0 Å². The molecule has 0 aliphatic heterocycles. The minimum absolute atomic E-state index is 0.713. The Morgan fingerprint density at radius 3 is 2.43 bits per heavy atom. The van der Waals surface area contributed by atoms with Gasteiger partial charge in [-0.05, 0) is 18.2 Å². The Hall–Kier alpha value is -0.233. The maximum absolute atomic E-state index is 6.04. The van der Waals surface area contributed by atoms with E-state index in [0.717, 1.165) is 10.0 Å². The fourth-order valence-corrected chi connectivity index (χ4v) is 2.08. The van der Waals surface area contributed by atoms with Gasteiger partial charge in [0.05, 0.1) is 5.02 Å². The summed E-state index contributed by atoms with van der Waals surface area (Å²) in [5, 5.41) is 0.713. The van der Waals surface area contributed by atoms with Crippen LogP contribution in [0.25, 0.3) is 0 Å². The third kappa shape index (κ3) is 3.87. The molecule has 0 N–H and O–H groups in total. The van der Waals surface area contributed by atoms with E-state index in [4.69, 9.17) is 11.6 Å². The highest BCUT2D eigenvalue weighted by molar-refractivity contribution is 9.10. The van der Waals surface area contributed by atoms with Gasteiger partial charge < -0.3 is 0 Å². The van der Waals surface area contributed by atoms with Crippen molar-refractivity contribution in [1.82, 2.24) is 0 Å². The predicted octanol–water partition coefficient (Wildman–Crippen LogP) is 4.33. The highest BCUT2D eigenvalue weighted by Crippen LogP contribution is 2.20. The zero-order chi connectivity index (χ0) is 10.8. The summed E-state index contributed by atoms with van der Waals surface area (Å²) in [4.78, 5) is 0. The van der Waals surface area contributed by atoms with E-state index in [9.17, 15) is 0 Å². The Kier molecular flexibility index (Phi) is 3.83. The molecule has 0 saturated carbocycles. The molecule has 1 aromatic carbocycles. The topological polar surface area (TPSA) is 0 Å². The van der Waals surface area contributed by atoms with Gasteiger partial charge in [0.1, 0.15) is 8.07 Å². The molecule has 1 aromatic rings. The average molecular weight is 288 g/mol. The van der Waals surface area contributed by atoms with Gasteiger partial charge in [0.15, 0.2) is 0 Å². The van der Waals surface area contributed by atoms with E-state index in [2.05, 4.69) is 47.0 Å². The number of hydrogen-bond acceptors (Lipinski definition) is 0. The van der Waals surface area contributed by atoms with Crippen molar-refractivity contribution in [1.29, 1.82) is 0 Å². The number of halogens is 2. The molecular weight excluding hydrogens is 276 g/mol. The lowest BCUT2D eigenvalue weighted by Crippen LogP contribution is -2.16. The number of hydrogen-bond donors (Lipinski definition) is 0. The van der Waals surface area contributed by atoms with E-state index in [1.807, 2.05) is 18.2 Å². The van der Waals surface area contributed by atoms with Crippen LogP contribution in [0.4, 0.5) is 0 Å². The largest absolute Gasteiger partial charge is 0.129 e. The molecule has 0 bridgehead atoms.